The molecule has 4 heteroatoms. The lowest BCUT2D eigenvalue weighted by Gasteiger charge is -2.26. The van der Waals surface area contributed by atoms with Gasteiger partial charge in [-0.05, 0) is 38.9 Å². The Morgan fingerprint density at radius 3 is 2.61 bits per heavy atom. The van der Waals surface area contributed by atoms with Crippen LogP contribution in [0.2, 0.25) is 0 Å². The monoisotopic (exact) mass is 250 g/mol. The fourth-order valence-electron chi connectivity index (χ4n) is 2.94. The summed E-state index contributed by atoms with van der Waals surface area (Å²) in [4.78, 5) is 4.99. The Morgan fingerprint density at radius 2 is 2.06 bits per heavy atom. The van der Waals surface area contributed by atoms with Crippen molar-refractivity contribution in [2.45, 2.75) is 51.2 Å². The molecule has 1 aliphatic heterocycles. The molecule has 1 aliphatic carbocycles. The number of nitrogens with one attached hydrogen (secondary N) is 1. The first-order valence-electron chi connectivity index (χ1n) is 7.38. The van der Waals surface area contributed by atoms with Gasteiger partial charge in [0.05, 0.1) is 6.07 Å². The number of likely N-dealkylation sites (N-methyl/N-ethyl adjacent to an activating group) is 1. The molecule has 1 heterocycles. The quantitative estimate of drug-likeness (QED) is 0.733. The van der Waals surface area contributed by atoms with Gasteiger partial charge in [-0.3, -0.25) is 15.1 Å². The van der Waals surface area contributed by atoms with Crippen LogP contribution in [0, 0.1) is 11.3 Å². The highest BCUT2D eigenvalue weighted by atomic mass is 15.3. The molecule has 0 amide bonds. The van der Waals surface area contributed by atoms with Crippen LogP contribution in [0.4, 0.5) is 0 Å². The van der Waals surface area contributed by atoms with Gasteiger partial charge in [0.1, 0.15) is 6.04 Å². The number of hydrogen-bond acceptors (Lipinski definition) is 4. The molecule has 2 unspecified atom stereocenters. The van der Waals surface area contributed by atoms with Gasteiger partial charge in [-0.1, -0.05) is 13.8 Å². The van der Waals surface area contributed by atoms with E-state index in [4.69, 9.17) is 0 Å². The Balaban J connectivity index is 1.75. The third-order valence-electron chi connectivity index (χ3n) is 4.19. The molecular formula is C14H26N4. The lowest BCUT2D eigenvalue weighted by atomic mass is 10.2. The number of likely N-dealkylation sites (tertiary alicyclic amines) is 1. The van der Waals surface area contributed by atoms with E-state index in [-0.39, 0.29) is 6.04 Å². The van der Waals surface area contributed by atoms with Crippen LogP contribution in [0.25, 0.3) is 0 Å². The maximum absolute atomic E-state index is 9.18. The highest BCUT2D eigenvalue weighted by Gasteiger charge is 2.30. The summed E-state index contributed by atoms with van der Waals surface area (Å²) in [6, 6.07) is 3.74. The van der Waals surface area contributed by atoms with Crippen LogP contribution < -0.4 is 5.32 Å². The van der Waals surface area contributed by atoms with Crippen molar-refractivity contribution in [3.63, 3.8) is 0 Å². The second-order valence-electron chi connectivity index (χ2n) is 5.55. The Labute approximate surface area is 111 Å². The molecule has 2 rings (SSSR count). The average Bonchev–Trinajstić information content (AvgIpc) is 3.08. The van der Waals surface area contributed by atoms with E-state index in [9.17, 15) is 5.26 Å². The number of nitriles is 1. The highest BCUT2D eigenvalue weighted by molar-refractivity contribution is 4.98. The third-order valence-corrected chi connectivity index (χ3v) is 4.19. The van der Waals surface area contributed by atoms with Gasteiger partial charge < -0.3 is 0 Å². The SMILES string of the molecule is CCN(CC)C1CCN(CC(C#N)NC2CC2)C1. The predicted octanol–water partition coefficient (Wildman–Crippen LogP) is 1.05. The summed E-state index contributed by atoms with van der Waals surface area (Å²) in [7, 11) is 0. The van der Waals surface area contributed by atoms with Crippen LogP contribution in [0.5, 0.6) is 0 Å². The summed E-state index contributed by atoms with van der Waals surface area (Å²) in [6.07, 6.45) is 3.75. The van der Waals surface area contributed by atoms with E-state index in [0.29, 0.717) is 12.1 Å². The molecule has 1 saturated heterocycles. The third kappa shape index (κ3) is 3.68. The van der Waals surface area contributed by atoms with Gasteiger partial charge in [-0.2, -0.15) is 5.26 Å². The Kier molecular flexibility index (Phi) is 4.99. The largest absolute Gasteiger partial charge is 0.300 e. The fraction of sp³-hybridized carbons (Fsp3) is 0.929. The lowest BCUT2D eigenvalue weighted by Crippen LogP contribution is -2.42. The molecule has 0 aromatic rings. The Bertz CT molecular complexity index is 291. The van der Waals surface area contributed by atoms with Gasteiger partial charge in [0.25, 0.3) is 0 Å². The van der Waals surface area contributed by atoms with E-state index in [2.05, 4.69) is 35.0 Å². The Hall–Kier alpha value is -0.630. The normalized spacial score (nSPS) is 26.4. The maximum atomic E-state index is 9.18. The molecule has 0 aromatic heterocycles. The smallest absolute Gasteiger partial charge is 0.108 e. The minimum Gasteiger partial charge on any atom is -0.300 e. The molecule has 1 N–H and O–H groups in total. The minimum atomic E-state index is 0.0213. The minimum absolute atomic E-state index is 0.0213. The van der Waals surface area contributed by atoms with Gasteiger partial charge in [-0.25, -0.2) is 0 Å². The number of rotatable bonds is 7. The molecule has 0 radical (unpaired) electrons. The van der Waals surface area contributed by atoms with E-state index >= 15 is 0 Å². The fourth-order valence-corrected chi connectivity index (χ4v) is 2.94. The number of nitrogens with zero attached hydrogens (tertiary/aromatic N) is 3. The highest BCUT2D eigenvalue weighted by Crippen LogP contribution is 2.20. The van der Waals surface area contributed by atoms with Crippen molar-refractivity contribution < 1.29 is 0 Å². The molecule has 0 bridgehead atoms. The van der Waals surface area contributed by atoms with Crippen LogP contribution in [-0.4, -0.2) is 60.6 Å². The van der Waals surface area contributed by atoms with Crippen molar-refractivity contribution >= 4 is 0 Å². The van der Waals surface area contributed by atoms with Gasteiger partial charge in [0.2, 0.25) is 0 Å². The second kappa shape index (κ2) is 6.51. The zero-order chi connectivity index (χ0) is 13.0. The molecule has 2 aliphatic rings. The second-order valence-corrected chi connectivity index (χ2v) is 5.55. The molecule has 1 saturated carbocycles. The summed E-state index contributed by atoms with van der Waals surface area (Å²) >= 11 is 0. The van der Waals surface area contributed by atoms with E-state index < -0.39 is 0 Å². The molecular weight excluding hydrogens is 224 g/mol. The van der Waals surface area contributed by atoms with E-state index in [1.54, 1.807) is 0 Å². The van der Waals surface area contributed by atoms with E-state index in [1.807, 2.05) is 0 Å². The van der Waals surface area contributed by atoms with Crippen molar-refractivity contribution in [3.8, 4) is 6.07 Å². The first kappa shape index (κ1) is 13.8. The first-order valence-corrected chi connectivity index (χ1v) is 7.38. The van der Waals surface area contributed by atoms with Crippen LogP contribution >= 0.6 is 0 Å². The van der Waals surface area contributed by atoms with Crippen LogP contribution in [0.3, 0.4) is 0 Å². The van der Waals surface area contributed by atoms with Gasteiger partial charge in [0, 0.05) is 25.2 Å². The topological polar surface area (TPSA) is 42.3 Å². The van der Waals surface area contributed by atoms with E-state index in [1.165, 1.54) is 19.3 Å². The summed E-state index contributed by atoms with van der Waals surface area (Å²) in [6.45, 7) is 9.91. The predicted molar refractivity (Wildman–Crippen MR) is 73.3 cm³/mol. The van der Waals surface area contributed by atoms with Crippen molar-refractivity contribution in [1.29, 1.82) is 5.26 Å². The number of hydrogen-bond donors (Lipinski definition) is 1. The van der Waals surface area contributed by atoms with Crippen molar-refractivity contribution in [1.82, 2.24) is 15.1 Å². The Morgan fingerprint density at radius 1 is 1.33 bits per heavy atom. The van der Waals surface area contributed by atoms with Crippen LogP contribution in [0.15, 0.2) is 0 Å². The standard InChI is InChI=1S/C14H26N4/c1-3-18(4-2)14-7-8-17(11-14)10-13(9-15)16-12-5-6-12/h12-14,16H,3-8,10-11H2,1-2H3. The summed E-state index contributed by atoms with van der Waals surface area (Å²) in [5, 5.41) is 12.6. The van der Waals surface area contributed by atoms with Crippen molar-refractivity contribution in [3.05, 3.63) is 0 Å². The van der Waals surface area contributed by atoms with Crippen LogP contribution in [0.1, 0.15) is 33.1 Å². The summed E-state index contributed by atoms with van der Waals surface area (Å²) < 4.78 is 0. The maximum Gasteiger partial charge on any atom is 0.108 e. The zero-order valence-electron chi connectivity index (χ0n) is 11.7. The van der Waals surface area contributed by atoms with E-state index in [0.717, 1.165) is 32.7 Å². The zero-order valence-corrected chi connectivity index (χ0v) is 11.7. The molecule has 2 atom stereocenters. The molecule has 4 nitrogen and oxygen atoms in total. The molecule has 0 aromatic carbocycles. The van der Waals surface area contributed by atoms with Crippen LogP contribution in [-0.2, 0) is 0 Å². The molecule has 2 fully saturated rings. The van der Waals surface area contributed by atoms with Crippen molar-refractivity contribution in [2.24, 2.45) is 0 Å². The van der Waals surface area contributed by atoms with Gasteiger partial charge in [-0.15, -0.1) is 0 Å². The van der Waals surface area contributed by atoms with Gasteiger partial charge >= 0.3 is 0 Å². The lowest BCUT2D eigenvalue weighted by molar-refractivity contribution is 0.208. The summed E-state index contributed by atoms with van der Waals surface area (Å²) in [5.74, 6) is 0. The summed E-state index contributed by atoms with van der Waals surface area (Å²) in [5.41, 5.74) is 0. The van der Waals surface area contributed by atoms with Gasteiger partial charge in [0.15, 0.2) is 0 Å². The molecule has 18 heavy (non-hydrogen) atoms. The molecule has 102 valence electrons. The first-order chi connectivity index (χ1) is 8.76. The average molecular weight is 250 g/mol. The van der Waals surface area contributed by atoms with Crippen molar-refractivity contribution in [2.75, 3.05) is 32.7 Å². The molecule has 0 spiro atoms.